The van der Waals surface area contributed by atoms with Gasteiger partial charge in [-0.1, -0.05) is 12.1 Å². The number of carbonyl (C=O) groups excluding carboxylic acids is 2. The summed E-state index contributed by atoms with van der Waals surface area (Å²) >= 11 is 0. The Balaban J connectivity index is 2.15. The Morgan fingerprint density at radius 3 is 2.43 bits per heavy atom. The topological polar surface area (TPSA) is 77.5 Å². The van der Waals surface area contributed by atoms with Crippen molar-refractivity contribution in [3.63, 3.8) is 0 Å². The summed E-state index contributed by atoms with van der Waals surface area (Å²) in [6.45, 7) is 4.99. The van der Waals surface area contributed by atoms with Gasteiger partial charge in [-0.25, -0.2) is 4.39 Å². The number of carbonyl (C=O) groups is 2. The van der Waals surface area contributed by atoms with Crippen LogP contribution in [0.5, 0.6) is 11.5 Å². The van der Waals surface area contributed by atoms with Crippen molar-refractivity contribution in [2.75, 3.05) is 7.11 Å². The zero-order chi connectivity index (χ0) is 21.8. The average Bonchev–Trinajstić information content (AvgIpc) is 2.68. The van der Waals surface area contributed by atoms with Crippen molar-refractivity contribution in [3.8, 4) is 11.5 Å². The summed E-state index contributed by atoms with van der Waals surface area (Å²) in [6, 6.07) is 9.47. The third kappa shape index (κ3) is 4.74. The molecule has 0 saturated carbocycles. The number of pyridine rings is 1. The van der Waals surface area contributed by atoms with E-state index >= 15 is 0 Å². The molecular formula is C23H23FN2O4. The molecule has 30 heavy (non-hydrogen) atoms. The number of nitrogens with one attached hydrogen (secondary N) is 1. The first-order valence-corrected chi connectivity index (χ1v) is 9.51. The van der Waals surface area contributed by atoms with Gasteiger partial charge < -0.3 is 14.8 Å². The predicted molar refractivity (Wildman–Crippen MR) is 111 cm³/mol. The lowest BCUT2D eigenvalue weighted by Gasteiger charge is -2.16. The van der Waals surface area contributed by atoms with Crippen molar-refractivity contribution in [1.29, 1.82) is 0 Å². The molecule has 7 heteroatoms. The SMILES string of the molecule is COc1c(OC(C)=O)cc(C(=O)NC(C)C)c2cc(Cc3ccc(F)cc3)cnc12. The maximum Gasteiger partial charge on any atom is 0.308 e. The summed E-state index contributed by atoms with van der Waals surface area (Å²) < 4.78 is 23.9. The molecule has 0 aliphatic heterocycles. The van der Waals surface area contributed by atoms with Crippen molar-refractivity contribution in [2.45, 2.75) is 33.2 Å². The molecule has 0 fully saturated rings. The van der Waals surface area contributed by atoms with Crippen LogP contribution in [0.25, 0.3) is 10.9 Å². The molecule has 0 saturated heterocycles. The molecule has 0 bridgehead atoms. The van der Waals surface area contributed by atoms with Crippen LogP contribution in [0.2, 0.25) is 0 Å². The van der Waals surface area contributed by atoms with Gasteiger partial charge in [0.1, 0.15) is 11.3 Å². The summed E-state index contributed by atoms with van der Waals surface area (Å²) in [6.07, 6.45) is 2.18. The molecule has 3 rings (SSSR count). The summed E-state index contributed by atoms with van der Waals surface area (Å²) in [5.41, 5.74) is 2.49. The second-order valence-electron chi connectivity index (χ2n) is 7.22. The Kier molecular flexibility index (Phi) is 6.30. The van der Waals surface area contributed by atoms with E-state index in [1.807, 2.05) is 19.9 Å². The second-order valence-corrected chi connectivity index (χ2v) is 7.22. The molecule has 0 aliphatic rings. The number of amides is 1. The number of aromatic nitrogens is 1. The summed E-state index contributed by atoms with van der Waals surface area (Å²) in [7, 11) is 1.45. The molecule has 0 unspecified atom stereocenters. The summed E-state index contributed by atoms with van der Waals surface area (Å²) in [5.74, 6) is -0.742. The molecule has 0 spiro atoms. The van der Waals surface area contributed by atoms with Crippen LogP contribution < -0.4 is 14.8 Å². The van der Waals surface area contributed by atoms with Gasteiger partial charge in [0.15, 0.2) is 11.5 Å². The van der Waals surface area contributed by atoms with Crippen LogP contribution in [0.3, 0.4) is 0 Å². The van der Waals surface area contributed by atoms with Crippen molar-refractivity contribution in [3.05, 3.63) is 65.1 Å². The number of rotatable bonds is 6. The molecule has 3 aromatic rings. The van der Waals surface area contributed by atoms with Crippen LogP contribution in [-0.2, 0) is 11.2 Å². The predicted octanol–water partition coefficient (Wildman–Crippen LogP) is 4.04. The van der Waals surface area contributed by atoms with Crippen LogP contribution in [-0.4, -0.2) is 30.0 Å². The number of fused-ring (bicyclic) bond motifs is 1. The molecule has 1 heterocycles. The summed E-state index contributed by atoms with van der Waals surface area (Å²) in [5, 5.41) is 3.42. The normalized spacial score (nSPS) is 10.9. The van der Waals surface area contributed by atoms with E-state index in [1.165, 1.54) is 32.2 Å². The van der Waals surface area contributed by atoms with E-state index in [1.54, 1.807) is 18.3 Å². The first kappa shape index (κ1) is 21.2. The van der Waals surface area contributed by atoms with E-state index in [9.17, 15) is 14.0 Å². The van der Waals surface area contributed by atoms with Gasteiger partial charge in [-0.3, -0.25) is 14.6 Å². The molecule has 6 nitrogen and oxygen atoms in total. The molecule has 0 radical (unpaired) electrons. The highest BCUT2D eigenvalue weighted by molar-refractivity contribution is 6.09. The van der Waals surface area contributed by atoms with E-state index in [4.69, 9.17) is 9.47 Å². The zero-order valence-corrected chi connectivity index (χ0v) is 17.3. The Hall–Kier alpha value is -3.48. The lowest BCUT2D eigenvalue weighted by molar-refractivity contribution is -0.132. The third-order valence-electron chi connectivity index (χ3n) is 4.39. The molecule has 156 valence electrons. The van der Waals surface area contributed by atoms with Gasteiger partial charge in [0, 0.05) is 24.5 Å². The van der Waals surface area contributed by atoms with Crippen molar-refractivity contribution in [2.24, 2.45) is 0 Å². The minimum Gasteiger partial charge on any atom is -0.491 e. The van der Waals surface area contributed by atoms with Gasteiger partial charge >= 0.3 is 5.97 Å². The fraction of sp³-hybridized carbons (Fsp3) is 0.261. The van der Waals surface area contributed by atoms with E-state index in [0.29, 0.717) is 22.9 Å². The monoisotopic (exact) mass is 410 g/mol. The molecule has 0 aliphatic carbocycles. The number of ether oxygens (including phenoxy) is 2. The average molecular weight is 410 g/mol. The first-order chi connectivity index (χ1) is 14.3. The molecule has 2 aromatic carbocycles. The van der Waals surface area contributed by atoms with E-state index in [0.717, 1.165) is 11.1 Å². The van der Waals surface area contributed by atoms with E-state index in [-0.39, 0.29) is 29.3 Å². The molecule has 1 aromatic heterocycles. The van der Waals surface area contributed by atoms with Crippen LogP contribution in [0, 0.1) is 5.82 Å². The lowest BCUT2D eigenvalue weighted by Crippen LogP contribution is -2.30. The van der Waals surface area contributed by atoms with Crippen molar-refractivity contribution in [1.82, 2.24) is 10.3 Å². The number of benzene rings is 2. The van der Waals surface area contributed by atoms with Crippen LogP contribution in [0.15, 0.2) is 42.6 Å². The molecule has 0 atom stereocenters. The standard InChI is InChI=1S/C23H23FN2O4/c1-13(2)26-23(28)19-11-20(30-14(3)27)22(29-4)21-18(19)10-16(12-25-21)9-15-5-7-17(24)8-6-15/h5-8,10-13H,9H2,1-4H3,(H,26,28). The summed E-state index contributed by atoms with van der Waals surface area (Å²) in [4.78, 5) is 28.9. The number of halogens is 1. The molecule has 1 N–H and O–H groups in total. The Morgan fingerprint density at radius 1 is 1.13 bits per heavy atom. The molecular weight excluding hydrogens is 387 g/mol. The van der Waals surface area contributed by atoms with Gasteiger partial charge in [-0.2, -0.15) is 0 Å². The third-order valence-corrected chi connectivity index (χ3v) is 4.39. The number of hydrogen-bond donors (Lipinski definition) is 1. The van der Waals surface area contributed by atoms with Gasteiger partial charge in [-0.15, -0.1) is 0 Å². The smallest absolute Gasteiger partial charge is 0.308 e. The van der Waals surface area contributed by atoms with E-state index in [2.05, 4.69) is 10.3 Å². The first-order valence-electron chi connectivity index (χ1n) is 9.51. The number of esters is 1. The Morgan fingerprint density at radius 2 is 1.83 bits per heavy atom. The van der Waals surface area contributed by atoms with Crippen molar-refractivity contribution >= 4 is 22.8 Å². The fourth-order valence-corrected chi connectivity index (χ4v) is 3.18. The number of nitrogens with zero attached hydrogens (tertiary/aromatic N) is 1. The van der Waals surface area contributed by atoms with Gasteiger partial charge in [0.25, 0.3) is 5.91 Å². The minimum atomic E-state index is -0.532. The number of hydrogen-bond acceptors (Lipinski definition) is 5. The number of methoxy groups -OCH3 is 1. The Labute approximate surface area is 174 Å². The van der Waals surface area contributed by atoms with E-state index < -0.39 is 5.97 Å². The van der Waals surface area contributed by atoms with Gasteiger partial charge in [-0.05, 0) is 55.7 Å². The second kappa shape index (κ2) is 8.90. The maximum atomic E-state index is 13.2. The van der Waals surface area contributed by atoms with Crippen LogP contribution in [0.4, 0.5) is 4.39 Å². The quantitative estimate of drug-likeness (QED) is 0.490. The van der Waals surface area contributed by atoms with Gasteiger partial charge in [0.05, 0.1) is 12.7 Å². The Bertz CT molecular complexity index is 1090. The highest BCUT2D eigenvalue weighted by Gasteiger charge is 2.21. The van der Waals surface area contributed by atoms with Crippen LogP contribution in [0.1, 0.15) is 42.3 Å². The maximum absolute atomic E-state index is 13.2. The minimum absolute atomic E-state index is 0.0813. The van der Waals surface area contributed by atoms with Crippen LogP contribution >= 0.6 is 0 Å². The highest BCUT2D eigenvalue weighted by Crippen LogP contribution is 2.37. The zero-order valence-electron chi connectivity index (χ0n) is 17.3. The lowest BCUT2D eigenvalue weighted by atomic mass is 10.0. The largest absolute Gasteiger partial charge is 0.491 e. The fourth-order valence-electron chi connectivity index (χ4n) is 3.18. The highest BCUT2D eigenvalue weighted by atomic mass is 19.1. The molecule has 1 amide bonds. The van der Waals surface area contributed by atoms with Crippen molar-refractivity contribution < 1.29 is 23.5 Å². The van der Waals surface area contributed by atoms with Gasteiger partial charge in [0.2, 0.25) is 0 Å².